The lowest BCUT2D eigenvalue weighted by Gasteiger charge is -2.21. The van der Waals surface area contributed by atoms with E-state index in [1.165, 1.54) is 0 Å². The first-order chi connectivity index (χ1) is 4.04. The highest BCUT2D eigenvalue weighted by Gasteiger charge is 2.31. The van der Waals surface area contributed by atoms with Crippen molar-refractivity contribution in [1.29, 1.82) is 0 Å². The van der Waals surface area contributed by atoms with Crippen molar-refractivity contribution in [2.24, 2.45) is 0 Å². The topological polar surface area (TPSA) is 9.23 Å². The van der Waals surface area contributed by atoms with E-state index in [0.29, 0.717) is 3.92 Å². The number of methoxy groups -OCH3 is 1. The van der Waals surface area contributed by atoms with Crippen molar-refractivity contribution >= 4 is 67.8 Å². The number of halogens is 4. The zero-order valence-electron chi connectivity index (χ0n) is 4.63. The third-order valence-corrected chi connectivity index (χ3v) is 5.98. The molecule has 9 heavy (non-hydrogen) atoms. The Balaban J connectivity index is 3.80. The molecule has 55 valence electrons. The Labute approximate surface area is 94.9 Å². The zero-order chi connectivity index (χ0) is 7.49. The molecule has 0 heterocycles. The second-order valence-electron chi connectivity index (χ2n) is 1.26. The van der Waals surface area contributed by atoms with Crippen LogP contribution in [0.4, 0.5) is 4.39 Å². The first-order valence-electron chi connectivity index (χ1n) is 2.05. The monoisotopic (exact) mass is 469 g/mol. The lowest BCUT2D eigenvalue weighted by atomic mass is 10.5. The molecule has 0 bridgehead atoms. The van der Waals surface area contributed by atoms with Crippen LogP contribution in [0.5, 0.6) is 0 Å². The lowest BCUT2D eigenvalue weighted by Crippen LogP contribution is -2.20. The van der Waals surface area contributed by atoms with Crippen molar-refractivity contribution in [2.45, 2.75) is 1.61 Å². The third-order valence-electron chi connectivity index (χ3n) is 0.689. The van der Waals surface area contributed by atoms with Crippen LogP contribution in [0, 0.1) is 3.92 Å². The van der Waals surface area contributed by atoms with E-state index in [0.717, 1.165) is 0 Å². The standard InChI is InChI=1S/C4H5FI3O/c1-9-4(7,8)3(6)2-5/h2H2,1H3. The maximum absolute atomic E-state index is 11.9. The molecule has 0 rings (SSSR count). The molecule has 0 aromatic rings. The summed E-state index contributed by atoms with van der Waals surface area (Å²) in [6, 6.07) is 0. The van der Waals surface area contributed by atoms with Crippen molar-refractivity contribution < 1.29 is 9.13 Å². The van der Waals surface area contributed by atoms with Crippen LogP contribution in [0.25, 0.3) is 0 Å². The van der Waals surface area contributed by atoms with Gasteiger partial charge in [0.1, 0.15) is 10.6 Å². The molecule has 0 amide bonds. The quantitative estimate of drug-likeness (QED) is 0.457. The predicted octanol–water partition coefficient (Wildman–Crippen LogP) is 3.09. The molecule has 0 saturated heterocycles. The van der Waals surface area contributed by atoms with Crippen LogP contribution >= 0.6 is 67.8 Å². The van der Waals surface area contributed by atoms with E-state index in [1.807, 2.05) is 67.8 Å². The van der Waals surface area contributed by atoms with Gasteiger partial charge in [0, 0.05) is 7.11 Å². The Morgan fingerprint density at radius 3 is 2.22 bits per heavy atom. The molecule has 0 aliphatic carbocycles. The third kappa shape index (κ3) is 3.85. The minimum atomic E-state index is -0.481. The predicted molar refractivity (Wildman–Crippen MR) is 61.0 cm³/mol. The van der Waals surface area contributed by atoms with Gasteiger partial charge >= 0.3 is 0 Å². The first-order valence-corrected chi connectivity index (χ1v) is 5.29. The number of alkyl halides is 3. The largest absolute Gasteiger partial charge is 0.357 e. The molecule has 0 unspecified atom stereocenters. The van der Waals surface area contributed by atoms with E-state index in [4.69, 9.17) is 4.74 Å². The fraction of sp³-hybridized carbons (Fsp3) is 0.750. The number of hydrogen-bond acceptors (Lipinski definition) is 1. The Morgan fingerprint density at radius 1 is 1.67 bits per heavy atom. The molecule has 0 atom stereocenters. The van der Waals surface area contributed by atoms with Gasteiger partial charge in [0.15, 0.2) is 1.61 Å². The molecule has 0 aromatic heterocycles. The Morgan fingerprint density at radius 2 is 2.11 bits per heavy atom. The molecule has 0 fully saturated rings. The number of ether oxygens (including phenoxy) is 1. The smallest absolute Gasteiger partial charge is 0.187 e. The summed E-state index contributed by atoms with van der Waals surface area (Å²) in [4.78, 5) is 0. The molecule has 0 aliphatic heterocycles. The highest BCUT2D eigenvalue weighted by Crippen LogP contribution is 2.42. The maximum atomic E-state index is 11.9. The summed E-state index contributed by atoms with van der Waals surface area (Å²) < 4.78 is 17.1. The molecule has 5 heteroatoms. The summed E-state index contributed by atoms with van der Waals surface area (Å²) >= 11 is 6.04. The highest BCUT2D eigenvalue weighted by atomic mass is 127. The Kier molecular flexibility index (Phi) is 5.98. The van der Waals surface area contributed by atoms with Crippen LogP contribution < -0.4 is 0 Å². The summed E-state index contributed by atoms with van der Waals surface area (Å²) in [5.74, 6) is 0. The van der Waals surface area contributed by atoms with Crippen LogP contribution in [-0.2, 0) is 4.74 Å². The molecule has 0 saturated carbocycles. The average Bonchev–Trinajstić information content (AvgIpc) is 1.86. The molecule has 1 nitrogen and oxygen atoms in total. The molecule has 0 N–H and O–H groups in total. The fourth-order valence-corrected chi connectivity index (χ4v) is 0.697. The maximum Gasteiger partial charge on any atom is 0.187 e. The van der Waals surface area contributed by atoms with Crippen LogP contribution in [-0.4, -0.2) is 15.4 Å². The van der Waals surface area contributed by atoms with Crippen molar-refractivity contribution in [3.05, 3.63) is 3.92 Å². The van der Waals surface area contributed by atoms with Gasteiger partial charge in [0.2, 0.25) is 0 Å². The Bertz CT molecular complexity index is 87.9. The van der Waals surface area contributed by atoms with Gasteiger partial charge < -0.3 is 4.74 Å². The molecule has 0 spiro atoms. The van der Waals surface area contributed by atoms with Gasteiger partial charge in [0.25, 0.3) is 0 Å². The van der Waals surface area contributed by atoms with Gasteiger partial charge in [0.05, 0.1) is 0 Å². The van der Waals surface area contributed by atoms with Gasteiger partial charge in [-0.3, -0.25) is 0 Å². The zero-order valence-corrected chi connectivity index (χ0v) is 11.1. The van der Waals surface area contributed by atoms with Crippen molar-refractivity contribution in [2.75, 3.05) is 13.8 Å². The molecular weight excluding hydrogens is 464 g/mol. The van der Waals surface area contributed by atoms with Gasteiger partial charge in [-0.25, -0.2) is 4.39 Å². The van der Waals surface area contributed by atoms with Crippen LogP contribution in [0.15, 0.2) is 0 Å². The van der Waals surface area contributed by atoms with Gasteiger partial charge in [-0.2, -0.15) is 0 Å². The molecule has 0 aliphatic rings. The SMILES string of the molecule is COC(I)(I)[C](I)CF. The number of hydrogen-bond donors (Lipinski definition) is 0. The van der Waals surface area contributed by atoms with Gasteiger partial charge in [-0.05, 0) is 45.2 Å². The first kappa shape index (κ1) is 11.1. The van der Waals surface area contributed by atoms with E-state index in [9.17, 15) is 4.39 Å². The normalized spacial score (nSPS) is 12.7. The summed E-state index contributed by atoms with van der Waals surface area (Å²) in [6.45, 7) is -0.430. The van der Waals surface area contributed by atoms with E-state index in [-0.39, 0.29) is 0 Å². The van der Waals surface area contributed by atoms with E-state index in [1.54, 1.807) is 7.11 Å². The van der Waals surface area contributed by atoms with E-state index < -0.39 is 8.29 Å². The van der Waals surface area contributed by atoms with Gasteiger partial charge in [-0.15, -0.1) is 0 Å². The average molecular weight is 469 g/mol. The van der Waals surface area contributed by atoms with Gasteiger partial charge in [-0.1, -0.05) is 22.6 Å². The molecule has 0 aromatic carbocycles. The summed E-state index contributed by atoms with van der Waals surface area (Å²) in [7, 11) is 1.56. The second-order valence-corrected chi connectivity index (χ2v) is 7.66. The number of rotatable bonds is 3. The van der Waals surface area contributed by atoms with Crippen LogP contribution in [0.2, 0.25) is 0 Å². The summed E-state index contributed by atoms with van der Waals surface area (Å²) in [5.41, 5.74) is 0. The summed E-state index contributed by atoms with van der Waals surface area (Å²) in [5, 5.41) is 0. The molecular formula is C4H5FI3O. The fourth-order valence-electron chi connectivity index (χ4n) is 0.189. The summed E-state index contributed by atoms with van der Waals surface area (Å²) in [6.07, 6.45) is 0. The van der Waals surface area contributed by atoms with Crippen molar-refractivity contribution in [3.63, 3.8) is 0 Å². The van der Waals surface area contributed by atoms with E-state index in [2.05, 4.69) is 0 Å². The minimum absolute atomic E-state index is 0.430. The second kappa shape index (κ2) is 4.86. The molecule has 1 radical (unpaired) electrons. The highest BCUT2D eigenvalue weighted by molar-refractivity contribution is 14.2. The Hall–Kier alpha value is 2.08. The minimum Gasteiger partial charge on any atom is -0.357 e. The van der Waals surface area contributed by atoms with Crippen molar-refractivity contribution in [3.8, 4) is 0 Å². The van der Waals surface area contributed by atoms with Crippen LogP contribution in [0.3, 0.4) is 0 Å². The van der Waals surface area contributed by atoms with Crippen LogP contribution in [0.1, 0.15) is 0 Å². The van der Waals surface area contributed by atoms with Crippen molar-refractivity contribution in [1.82, 2.24) is 0 Å². The lowest BCUT2D eigenvalue weighted by molar-refractivity contribution is 0.187. The van der Waals surface area contributed by atoms with E-state index >= 15 is 0 Å².